The number of hydrogen-bond donors (Lipinski definition) is 0. The van der Waals surface area contributed by atoms with Crippen molar-refractivity contribution in [3.63, 3.8) is 0 Å². The smallest absolute Gasteiger partial charge is 0.0645 e. The van der Waals surface area contributed by atoms with Gasteiger partial charge in [-0.25, -0.2) is 0 Å². The molecule has 0 saturated carbocycles. The van der Waals surface area contributed by atoms with E-state index in [-0.39, 0.29) is 41.9 Å². The highest BCUT2D eigenvalue weighted by Crippen LogP contribution is 2.41. The fourth-order valence-corrected chi connectivity index (χ4v) is 6.42. The second-order valence-corrected chi connectivity index (χ2v) is 11.2. The first-order valence-electron chi connectivity index (χ1n) is 19.5. The SMILES string of the molecule is [2H]c1c([2H])c([2H])c(N(c2ccccc2)c2ccc3ccc4c5c([2H])c([2H])c([2H])c([2H])c5n(-c5ccc(-c6ccc7ccccc7c6)cc5)c4c3c2)c([2H])c1[2H]. The summed E-state index contributed by atoms with van der Waals surface area (Å²) in [6, 6.07) is 37.9. The molecule has 0 aliphatic rings. The molecule has 0 aliphatic heterocycles. The highest BCUT2D eigenvalue weighted by atomic mass is 15.1. The van der Waals surface area contributed by atoms with Crippen LogP contribution in [0.25, 0.3) is 60.2 Å². The molecule has 0 saturated heterocycles. The van der Waals surface area contributed by atoms with Crippen molar-refractivity contribution >= 4 is 60.4 Å². The van der Waals surface area contributed by atoms with Crippen LogP contribution in [0, 0.1) is 0 Å². The standard InChI is InChI=1S/C44H30N2/c1-3-13-36(14-4-1)45(37-15-5-2-6-16-37)39-27-23-33-24-28-41-40-17-9-10-18-43(40)46(44(41)42(33)30-39)38-25-21-32(22-26-38)35-20-19-31-11-7-8-12-34(31)29-35/h1-30H/i1D,3D,4D,9D,10D,13D,14D,17D,18D. The largest absolute Gasteiger partial charge is 0.310 e. The Bertz CT molecular complexity index is 3000. The molecule has 0 N–H and O–H groups in total. The maximum atomic E-state index is 9.14. The minimum Gasteiger partial charge on any atom is -0.310 e. The van der Waals surface area contributed by atoms with Crippen LogP contribution >= 0.6 is 0 Å². The predicted octanol–water partition coefficient (Wildman–Crippen LogP) is 12.2. The molecule has 8 aromatic carbocycles. The molecule has 0 aliphatic carbocycles. The van der Waals surface area contributed by atoms with E-state index in [1.54, 1.807) is 4.90 Å². The molecule has 2 heteroatoms. The molecule has 46 heavy (non-hydrogen) atoms. The number of rotatable bonds is 5. The van der Waals surface area contributed by atoms with E-state index < -0.39 is 18.1 Å². The maximum Gasteiger partial charge on any atom is 0.0645 e. The highest BCUT2D eigenvalue weighted by molar-refractivity contribution is 6.19. The number of hydrogen-bond acceptors (Lipinski definition) is 1. The number of anilines is 3. The van der Waals surface area contributed by atoms with E-state index in [1.165, 1.54) is 0 Å². The summed E-state index contributed by atoms with van der Waals surface area (Å²) in [7, 11) is 0. The highest BCUT2D eigenvalue weighted by Gasteiger charge is 2.18. The van der Waals surface area contributed by atoms with Gasteiger partial charge in [-0.3, -0.25) is 0 Å². The van der Waals surface area contributed by atoms with Gasteiger partial charge in [-0.05, 0) is 87.9 Å². The fraction of sp³-hybridized carbons (Fsp3) is 0. The minimum atomic E-state index is -0.483. The number of nitrogens with zero attached hydrogens (tertiary/aromatic N) is 2. The third kappa shape index (κ3) is 4.35. The lowest BCUT2D eigenvalue weighted by Gasteiger charge is -2.26. The van der Waals surface area contributed by atoms with Crippen LogP contribution in [0.2, 0.25) is 0 Å². The van der Waals surface area contributed by atoms with Crippen LogP contribution in [-0.2, 0) is 0 Å². The first-order valence-corrected chi connectivity index (χ1v) is 15.0. The predicted molar refractivity (Wildman–Crippen MR) is 196 cm³/mol. The van der Waals surface area contributed by atoms with Crippen molar-refractivity contribution in [3.05, 3.63) is 182 Å². The molecule has 9 rings (SSSR count). The third-order valence-electron chi connectivity index (χ3n) is 8.55. The zero-order valence-electron chi connectivity index (χ0n) is 33.5. The van der Waals surface area contributed by atoms with Crippen LogP contribution in [0.15, 0.2) is 182 Å². The van der Waals surface area contributed by atoms with Crippen molar-refractivity contribution in [2.75, 3.05) is 4.90 Å². The van der Waals surface area contributed by atoms with E-state index in [2.05, 4.69) is 30.3 Å². The Balaban J connectivity index is 1.34. The van der Waals surface area contributed by atoms with E-state index in [0.717, 1.165) is 27.3 Å². The molecule has 0 radical (unpaired) electrons. The van der Waals surface area contributed by atoms with Crippen molar-refractivity contribution in [1.82, 2.24) is 4.57 Å². The Morgan fingerprint density at radius 3 is 1.98 bits per heavy atom. The normalized spacial score (nSPS) is 14.2. The lowest BCUT2D eigenvalue weighted by molar-refractivity contribution is 1.19. The second kappa shape index (κ2) is 10.8. The summed E-state index contributed by atoms with van der Waals surface area (Å²) >= 11 is 0. The van der Waals surface area contributed by atoms with E-state index in [0.29, 0.717) is 44.3 Å². The van der Waals surface area contributed by atoms with Gasteiger partial charge in [-0.2, -0.15) is 0 Å². The van der Waals surface area contributed by atoms with Crippen LogP contribution in [0.4, 0.5) is 17.1 Å². The molecule has 0 unspecified atom stereocenters. The summed E-state index contributed by atoms with van der Waals surface area (Å²) in [5.41, 5.74) is 4.80. The topological polar surface area (TPSA) is 8.17 Å². The minimum absolute atomic E-state index is 0.00636. The molecule has 0 atom stereocenters. The molecule has 1 heterocycles. The maximum absolute atomic E-state index is 9.14. The van der Waals surface area contributed by atoms with Crippen molar-refractivity contribution in [2.45, 2.75) is 0 Å². The number of fused-ring (bicyclic) bond motifs is 6. The molecule has 1 aromatic heterocycles. The second-order valence-electron chi connectivity index (χ2n) is 11.2. The van der Waals surface area contributed by atoms with E-state index in [9.17, 15) is 0 Å². The number of benzene rings is 8. The molecule has 0 amide bonds. The van der Waals surface area contributed by atoms with Gasteiger partial charge in [0.2, 0.25) is 0 Å². The van der Waals surface area contributed by atoms with E-state index in [1.807, 2.05) is 102 Å². The molecule has 2 nitrogen and oxygen atoms in total. The number of para-hydroxylation sites is 3. The van der Waals surface area contributed by atoms with Crippen molar-refractivity contribution in [2.24, 2.45) is 0 Å². The lowest BCUT2D eigenvalue weighted by atomic mass is 10.0. The monoisotopic (exact) mass is 595 g/mol. The number of aromatic nitrogens is 1. The Hall–Kier alpha value is -6.12. The molecular weight excluding hydrogens is 556 g/mol. The van der Waals surface area contributed by atoms with Crippen molar-refractivity contribution in [3.8, 4) is 16.8 Å². The summed E-state index contributed by atoms with van der Waals surface area (Å²) in [5, 5.41) is 4.80. The van der Waals surface area contributed by atoms with Crippen molar-refractivity contribution < 1.29 is 12.3 Å². The zero-order valence-corrected chi connectivity index (χ0v) is 24.5. The molecule has 0 fully saturated rings. The Labute approximate surface area is 280 Å². The van der Waals surface area contributed by atoms with Crippen LogP contribution in [0.5, 0.6) is 0 Å². The van der Waals surface area contributed by atoms with Crippen LogP contribution in [0.3, 0.4) is 0 Å². The van der Waals surface area contributed by atoms with Crippen LogP contribution < -0.4 is 4.90 Å². The summed E-state index contributed by atoms with van der Waals surface area (Å²) in [4.78, 5) is 1.65. The summed E-state index contributed by atoms with van der Waals surface area (Å²) in [5.74, 6) is 0. The Morgan fingerprint density at radius 1 is 0.435 bits per heavy atom. The summed E-state index contributed by atoms with van der Waals surface area (Å²) < 4.78 is 80.2. The summed E-state index contributed by atoms with van der Waals surface area (Å²) in [6.45, 7) is 0. The first-order chi connectivity index (χ1) is 26.5. The average molecular weight is 596 g/mol. The van der Waals surface area contributed by atoms with Gasteiger partial charge in [-0.1, -0.05) is 121 Å². The van der Waals surface area contributed by atoms with E-state index >= 15 is 0 Å². The van der Waals surface area contributed by atoms with Gasteiger partial charge < -0.3 is 9.47 Å². The Kier molecular flexibility index (Phi) is 4.37. The average Bonchev–Trinajstić information content (AvgIpc) is 3.58. The van der Waals surface area contributed by atoms with Crippen molar-refractivity contribution in [1.29, 1.82) is 0 Å². The first kappa shape index (κ1) is 18.6. The van der Waals surface area contributed by atoms with Gasteiger partial charge in [0, 0.05) is 38.9 Å². The van der Waals surface area contributed by atoms with Gasteiger partial charge in [-0.15, -0.1) is 0 Å². The Morgan fingerprint density at radius 2 is 1.13 bits per heavy atom. The lowest BCUT2D eigenvalue weighted by Crippen LogP contribution is -2.09. The van der Waals surface area contributed by atoms with Gasteiger partial charge in [0.05, 0.1) is 23.4 Å². The van der Waals surface area contributed by atoms with Gasteiger partial charge >= 0.3 is 0 Å². The molecule has 216 valence electrons. The van der Waals surface area contributed by atoms with Crippen LogP contribution in [-0.4, -0.2) is 4.57 Å². The quantitative estimate of drug-likeness (QED) is 0.192. The fourth-order valence-electron chi connectivity index (χ4n) is 6.42. The zero-order chi connectivity index (χ0) is 38.3. The van der Waals surface area contributed by atoms with E-state index in [4.69, 9.17) is 12.3 Å². The molecule has 0 bridgehead atoms. The molecule has 9 aromatic rings. The molecule has 0 spiro atoms. The van der Waals surface area contributed by atoms with Gasteiger partial charge in [0.1, 0.15) is 0 Å². The van der Waals surface area contributed by atoms with Gasteiger partial charge in [0.25, 0.3) is 0 Å². The third-order valence-corrected chi connectivity index (χ3v) is 8.55. The summed E-state index contributed by atoms with van der Waals surface area (Å²) in [6.07, 6.45) is 0. The van der Waals surface area contributed by atoms with Crippen LogP contribution in [0.1, 0.15) is 12.3 Å². The van der Waals surface area contributed by atoms with Gasteiger partial charge in [0.15, 0.2) is 0 Å². The molecular formula is C44H30N2.